The highest BCUT2D eigenvalue weighted by Crippen LogP contribution is 2.26. The van der Waals surface area contributed by atoms with Gasteiger partial charge in [-0.1, -0.05) is 48.5 Å². The average molecular weight is 462 g/mol. The largest absolute Gasteiger partial charge is 0.496 e. The zero-order valence-corrected chi connectivity index (χ0v) is 19.4. The summed E-state index contributed by atoms with van der Waals surface area (Å²) in [5, 5.41) is 10.0. The molecule has 2 heterocycles. The number of benzene rings is 2. The molecule has 0 spiro atoms. The van der Waals surface area contributed by atoms with Crippen LogP contribution in [-0.2, 0) is 24.4 Å². The van der Waals surface area contributed by atoms with Gasteiger partial charge in [-0.25, -0.2) is 0 Å². The maximum Gasteiger partial charge on any atom is 0.272 e. The van der Waals surface area contributed by atoms with Crippen molar-refractivity contribution in [3.8, 4) is 5.75 Å². The third kappa shape index (κ3) is 4.36. The number of likely N-dealkylation sites (N-methyl/N-ethyl adjacent to an activating group) is 1. The molecule has 1 aliphatic rings. The summed E-state index contributed by atoms with van der Waals surface area (Å²) in [6.07, 6.45) is 0. The maximum absolute atomic E-state index is 13.1. The number of hydrogen-bond acceptors (Lipinski definition) is 5. The molecule has 4 rings (SSSR count). The lowest BCUT2D eigenvalue weighted by Gasteiger charge is -2.40. The van der Waals surface area contributed by atoms with E-state index >= 15 is 0 Å². The monoisotopic (exact) mass is 461 g/mol. The summed E-state index contributed by atoms with van der Waals surface area (Å²) in [5.74, 6) is -0.421. The van der Waals surface area contributed by atoms with Gasteiger partial charge >= 0.3 is 0 Å². The molecule has 9 nitrogen and oxygen atoms in total. The van der Waals surface area contributed by atoms with Crippen molar-refractivity contribution in [1.29, 1.82) is 0 Å². The summed E-state index contributed by atoms with van der Waals surface area (Å²) in [4.78, 5) is 40.3. The number of carbonyl (C=O) groups is 3. The van der Waals surface area contributed by atoms with Gasteiger partial charge in [-0.2, -0.15) is 5.10 Å². The van der Waals surface area contributed by atoms with Crippen LogP contribution in [0.3, 0.4) is 0 Å². The molecule has 1 atom stereocenters. The van der Waals surface area contributed by atoms with Crippen LogP contribution in [0.25, 0.3) is 0 Å². The number of rotatable bonds is 7. The predicted octanol–water partition coefficient (Wildman–Crippen LogP) is 1.98. The molecule has 0 bridgehead atoms. The quantitative estimate of drug-likeness (QED) is 0.560. The third-order valence-electron chi connectivity index (χ3n) is 6.15. The Kier molecular flexibility index (Phi) is 6.36. The topological polar surface area (TPSA) is 106 Å². The summed E-state index contributed by atoms with van der Waals surface area (Å²) in [7, 11) is 3.15. The molecule has 0 saturated heterocycles. The fourth-order valence-corrected chi connectivity index (χ4v) is 3.92. The molecule has 0 saturated carbocycles. The minimum Gasteiger partial charge on any atom is -0.496 e. The van der Waals surface area contributed by atoms with Gasteiger partial charge < -0.3 is 20.3 Å². The Balaban J connectivity index is 1.48. The molecular weight excluding hydrogens is 434 g/mol. The Hall–Kier alpha value is -4.14. The van der Waals surface area contributed by atoms with Crippen LogP contribution in [0.4, 0.5) is 0 Å². The van der Waals surface area contributed by atoms with E-state index in [9.17, 15) is 14.4 Å². The first-order valence-corrected chi connectivity index (χ1v) is 10.9. The molecule has 3 aromatic rings. The molecule has 176 valence electrons. The Morgan fingerprint density at radius 2 is 1.76 bits per heavy atom. The van der Waals surface area contributed by atoms with Crippen molar-refractivity contribution in [2.75, 3.05) is 14.2 Å². The number of ether oxygens (including phenoxy) is 1. The molecule has 0 unspecified atom stereocenters. The normalized spacial score (nSPS) is 17.1. The van der Waals surface area contributed by atoms with E-state index in [2.05, 4.69) is 15.7 Å². The SMILES string of the molecule is COc1ccccc1CNC(=O)c1cc2n(n1)C[C@](C)(C(=O)NCc1ccccc1)N(C)C2=O. The highest BCUT2D eigenvalue weighted by atomic mass is 16.5. The van der Waals surface area contributed by atoms with Gasteiger partial charge in [0, 0.05) is 31.8 Å². The summed E-state index contributed by atoms with van der Waals surface area (Å²) in [6.45, 7) is 2.42. The molecule has 2 N–H and O–H groups in total. The summed E-state index contributed by atoms with van der Waals surface area (Å²) in [5.41, 5.74) is 0.994. The van der Waals surface area contributed by atoms with Crippen molar-refractivity contribution in [2.24, 2.45) is 0 Å². The molecule has 1 aromatic heterocycles. The zero-order valence-electron chi connectivity index (χ0n) is 19.4. The highest BCUT2D eigenvalue weighted by molar-refractivity contribution is 6.01. The number of nitrogens with one attached hydrogen (secondary N) is 2. The predicted molar refractivity (Wildman–Crippen MR) is 125 cm³/mol. The second kappa shape index (κ2) is 9.38. The van der Waals surface area contributed by atoms with Crippen LogP contribution in [0.2, 0.25) is 0 Å². The first kappa shape index (κ1) is 23.0. The van der Waals surface area contributed by atoms with E-state index in [1.54, 1.807) is 21.1 Å². The molecule has 0 fully saturated rings. The van der Waals surface area contributed by atoms with Crippen molar-refractivity contribution in [3.05, 3.63) is 83.2 Å². The van der Waals surface area contributed by atoms with E-state index in [4.69, 9.17) is 4.74 Å². The lowest BCUT2D eigenvalue weighted by atomic mass is 9.96. The number of fused-ring (bicyclic) bond motifs is 1. The number of methoxy groups -OCH3 is 1. The number of aromatic nitrogens is 2. The van der Waals surface area contributed by atoms with Crippen molar-refractivity contribution in [3.63, 3.8) is 0 Å². The molecule has 0 radical (unpaired) electrons. The molecule has 34 heavy (non-hydrogen) atoms. The minimum absolute atomic E-state index is 0.112. The smallest absolute Gasteiger partial charge is 0.272 e. The standard InChI is InChI=1S/C25H27N5O4/c1-25(24(33)27-14-17-9-5-4-6-10-17)16-30-20(23(32)29(25)2)13-19(28-30)22(31)26-15-18-11-7-8-12-21(18)34-3/h4-13H,14-16H2,1-3H3,(H,26,31)(H,27,33)/t25-/m1/s1. The lowest BCUT2D eigenvalue weighted by Crippen LogP contribution is -2.62. The Labute approximate surface area is 197 Å². The van der Waals surface area contributed by atoms with Crippen LogP contribution >= 0.6 is 0 Å². The number of para-hydroxylation sites is 1. The second-order valence-electron chi connectivity index (χ2n) is 8.37. The van der Waals surface area contributed by atoms with Crippen molar-refractivity contribution >= 4 is 17.7 Å². The van der Waals surface area contributed by atoms with Gasteiger partial charge in [0.2, 0.25) is 5.91 Å². The first-order valence-electron chi connectivity index (χ1n) is 10.9. The molecule has 3 amide bonds. The number of carbonyl (C=O) groups excluding carboxylic acids is 3. The Morgan fingerprint density at radius 1 is 1.06 bits per heavy atom. The summed E-state index contributed by atoms with van der Waals surface area (Å²) in [6, 6.07) is 18.4. The average Bonchev–Trinajstić information content (AvgIpc) is 3.29. The van der Waals surface area contributed by atoms with Gasteiger partial charge in [0.25, 0.3) is 11.8 Å². The van der Waals surface area contributed by atoms with E-state index in [0.29, 0.717) is 12.3 Å². The van der Waals surface area contributed by atoms with Crippen molar-refractivity contribution < 1.29 is 19.1 Å². The third-order valence-corrected chi connectivity index (χ3v) is 6.15. The summed E-state index contributed by atoms with van der Waals surface area (Å²) < 4.78 is 6.74. The van der Waals surface area contributed by atoms with Crippen LogP contribution in [0.15, 0.2) is 60.7 Å². The van der Waals surface area contributed by atoms with E-state index < -0.39 is 11.4 Å². The van der Waals surface area contributed by atoms with Crippen LogP contribution in [-0.4, -0.2) is 52.1 Å². The van der Waals surface area contributed by atoms with E-state index in [-0.39, 0.29) is 36.3 Å². The zero-order chi connectivity index (χ0) is 24.3. The molecule has 0 aliphatic carbocycles. The maximum atomic E-state index is 13.1. The van der Waals surface area contributed by atoms with E-state index in [1.807, 2.05) is 54.6 Å². The van der Waals surface area contributed by atoms with E-state index in [0.717, 1.165) is 11.1 Å². The lowest BCUT2D eigenvalue weighted by molar-refractivity contribution is -0.132. The van der Waals surface area contributed by atoms with Gasteiger partial charge in [0.05, 0.1) is 13.7 Å². The van der Waals surface area contributed by atoms with Crippen LogP contribution in [0.1, 0.15) is 39.0 Å². The minimum atomic E-state index is -1.16. The van der Waals surface area contributed by atoms with E-state index in [1.165, 1.54) is 15.6 Å². The Bertz CT molecular complexity index is 1220. The van der Waals surface area contributed by atoms with Crippen LogP contribution in [0.5, 0.6) is 5.75 Å². The molecule has 1 aliphatic heterocycles. The molecule has 2 aromatic carbocycles. The fourth-order valence-electron chi connectivity index (χ4n) is 3.92. The highest BCUT2D eigenvalue weighted by Gasteiger charge is 2.46. The van der Waals surface area contributed by atoms with Gasteiger partial charge in [0.15, 0.2) is 5.69 Å². The number of nitrogens with zero attached hydrogens (tertiary/aromatic N) is 3. The fraction of sp³-hybridized carbons (Fsp3) is 0.280. The van der Waals surface area contributed by atoms with Gasteiger partial charge in [-0.05, 0) is 18.6 Å². The molecular formula is C25H27N5O4. The van der Waals surface area contributed by atoms with Crippen molar-refractivity contribution in [1.82, 2.24) is 25.3 Å². The van der Waals surface area contributed by atoms with Gasteiger partial charge in [-0.3, -0.25) is 19.1 Å². The van der Waals surface area contributed by atoms with Gasteiger partial charge in [-0.15, -0.1) is 0 Å². The van der Waals surface area contributed by atoms with Crippen LogP contribution in [0, 0.1) is 0 Å². The second-order valence-corrected chi connectivity index (χ2v) is 8.37. The molecule has 9 heteroatoms. The Morgan fingerprint density at radius 3 is 2.50 bits per heavy atom. The van der Waals surface area contributed by atoms with Gasteiger partial charge in [0.1, 0.15) is 17.0 Å². The summed E-state index contributed by atoms with van der Waals surface area (Å²) >= 11 is 0. The first-order chi connectivity index (χ1) is 16.3. The number of amides is 3. The van der Waals surface area contributed by atoms with Crippen LogP contribution < -0.4 is 15.4 Å². The van der Waals surface area contributed by atoms with Crippen molar-refractivity contribution in [2.45, 2.75) is 32.1 Å². The number of hydrogen-bond donors (Lipinski definition) is 2.